The van der Waals surface area contributed by atoms with Gasteiger partial charge in [0, 0.05) is 0 Å². The Labute approximate surface area is 162 Å². The van der Waals surface area contributed by atoms with Gasteiger partial charge < -0.3 is 15.8 Å². The van der Waals surface area contributed by atoms with Crippen molar-refractivity contribution in [3.63, 3.8) is 0 Å². The van der Waals surface area contributed by atoms with E-state index in [4.69, 9.17) is 10.5 Å². The van der Waals surface area contributed by atoms with Crippen LogP contribution in [0.5, 0.6) is 0 Å². The highest BCUT2D eigenvalue weighted by Crippen LogP contribution is 2.29. The monoisotopic (exact) mass is 388 g/mol. The average Bonchev–Trinajstić information content (AvgIpc) is 3.10. The number of hydrogen-bond donors (Lipinski definition) is 2. The zero-order chi connectivity index (χ0) is 20.0. The van der Waals surface area contributed by atoms with Crippen molar-refractivity contribution in [2.24, 2.45) is 11.7 Å². The molecule has 27 heavy (non-hydrogen) atoms. The minimum atomic E-state index is -1.00. The highest BCUT2D eigenvalue weighted by molar-refractivity contribution is 7.14. The third-order valence-electron chi connectivity index (χ3n) is 4.46. The van der Waals surface area contributed by atoms with Gasteiger partial charge in [-0.3, -0.25) is 14.4 Å². The number of esters is 1. The SMILES string of the molecule is CC[C@@H](C)[C@@H](C(=O)O[C@@H](C)C(=O)Nc1sccc1C(N)=O)c1ccccc1. The van der Waals surface area contributed by atoms with E-state index in [0.717, 1.165) is 12.0 Å². The van der Waals surface area contributed by atoms with Gasteiger partial charge >= 0.3 is 5.97 Å². The smallest absolute Gasteiger partial charge is 0.314 e. The lowest BCUT2D eigenvalue weighted by molar-refractivity contribution is -0.155. The summed E-state index contributed by atoms with van der Waals surface area (Å²) in [7, 11) is 0. The molecule has 1 heterocycles. The number of anilines is 1. The average molecular weight is 388 g/mol. The van der Waals surface area contributed by atoms with Crippen LogP contribution in [-0.4, -0.2) is 23.9 Å². The van der Waals surface area contributed by atoms with Crippen molar-refractivity contribution in [2.45, 2.75) is 39.2 Å². The van der Waals surface area contributed by atoms with Crippen LogP contribution in [0.15, 0.2) is 41.8 Å². The minimum absolute atomic E-state index is 0.0638. The number of carbonyl (C=O) groups is 3. The summed E-state index contributed by atoms with van der Waals surface area (Å²) >= 11 is 1.18. The van der Waals surface area contributed by atoms with Crippen molar-refractivity contribution in [3.8, 4) is 0 Å². The summed E-state index contributed by atoms with van der Waals surface area (Å²) in [5, 5.41) is 4.60. The number of ether oxygens (including phenoxy) is 1. The quantitative estimate of drug-likeness (QED) is 0.676. The first kappa shape index (κ1) is 20.6. The van der Waals surface area contributed by atoms with Crippen molar-refractivity contribution in [1.29, 1.82) is 0 Å². The number of amides is 2. The molecular weight excluding hydrogens is 364 g/mol. The van der Waals surface area contributed by atoms with Gasteiger partial charge in [0.15, 0.2) is 6.10 Å². The molecule has 0 aliphatic carbocycles. The number of nitrogens with two attached hydrogens (primary N) is 1. The fourth-order valence-corrected chi connectivity index (χ4v) is 3.50. The van der Waals surface area contributed by atoms with Crippen LogP contribution in [0.3, 0.4) is 0 Å². The number of benzene rings is 1. The van der Waals surface area contributed by atoms with Gasteiger partial charge in [-0.25, -0.2) is 0 Å². The van der Waals surface area contributed by atoms with E-state index in [1.165, 1.54) is 24.3 Å². The number of primary amides is 1. The molecule has 1 aromatic heterocycles. The Kier molecular flexibility index (Phi) is 7.12. The van der Waals surface area contributed by atoms with Crippen LogP contribution in [0.25, 0.3) is 0 Å². The maximum Gasteiger partial charge on any atom is 0.314 e. The van der Waals surface area contributed by atoms with E-state index >= 15 is 0 Å². The Morgan fingerprint density at radius 1 is 1.15 bits per heavy atom. The molecule has 0 saturated carbocycles. The standard InChI is InChI=1S/C20H24N2O4S/c1-4-12(2)16(14-8-6-5-7-9-14)20(25)26-13(3)18(24)22-19-15(17(21)23)10-11-27-19/h5-13,16H,4H2,1-3H3,(H2,21,23)(H,22,24)/t12-,13+,16-/m1/s1. The molecule has 7 heteroatoms. The fraction of sp³-hybridized carbons (Fsp3) is 0.350. The normalized spacial score (nSPS) is 14.0. The van der Waals surface area contributed by atoms with Crippen molar-refractivity contribution < 1.29 is 19.1 Å². The van der Waals surface area contributed by atoms with E-state index in [2.05, 4.69) is 5.32 Å². The molecule has 0 radical (unpaired) electrons. The second-order valence-electron chi connectivity index (χ2n) is 6.37. The van der Waals surface area contributed by atoms with Crippen LogP contribution in [0.4, 0.5) is 5.00 Å². The summed E-state index contributed by atoms with van der Waals surface area (Å²) in [4.78, 5) is 36.5. The molecule has 0 bridgehead atoms. The van der Waals surface area contributed by atoms with Crippen molar-refractivity contribution in [3.05, 3.63) is 52.9 Å². The molecule has 0 fully saturated rings. The molecule has 0 aliphatic rings. The maximum atomic E-state index is 12.8. The zero-order valence-electron chi connectivity index (χ0n) is 15.6. The first-order chi connectivity index (χ1) is 12.8. The van der Waals surface area contributed by atoms with E-state index in [9.17, 15) is 14.4 Å². The number of rotatable bonds is 8. The first-order valence-electron chi connectivity index (χ1n) is 8.78. The van der Waals surface area contributed by atoms with E-state index in [-0.39, 0.29) is 11.5 Å². The van der Waals surface area contributed by atoms with Gasteiger partial charge in [-0.15, -0.1) is 11.3 Å². The largest absolute Gasteiger partial charge is 0.452 e. The van der Waals surface area contributed by atoms with E-state index in [0.29, 0.717) is 5.00 Å². The first-order valence-corrected chi connectivity index (χ1v) is 9.66. The molecule has 0 unspecified atom stereocenters. The van der Waals surface area contributed by atoms with Crippen LogP contribution < -0.4 is 11.1 Å². The highest BCUT2D eigenvalue weighted by Gasteiger charge is 2.30. The molecule has 3 N–H and O–H groups in total. The summed E-state index contributed by atoms with van der Waals surface area (Å²) < 4.78 is 5.44. The lowest BCUT2D eigenvalue weighted by atomic mass is 9.85. The third kappa shape index (κ3) is 5.17. The molecule has 0 saturated heterocycles. The fourth-order valence-electron chi connectivity index (χ4n) is 2.71. The van der Waals surface area contributed by atoms with Crippen molar-refractivity contribution in [1.82, 2.24) is 0 Å². The molecule has 3 atom stereocenters. The third-order valence-corrected chi connectivity index (χ3v) is 5.29. The van der Waals surface area contributed by atoms with Gasteiger partial charge in [0.2, 0.25) is 0 Å². The summed E-state index contributed by atoms with van der Waals surface area (Å²) in [6.07, 6.45) is -0.206. The van der Waals surface area contributed by atoms with E-state index in [1.54, 1.807) is 5.38 Å². The van der Waals surface area contributed by atoms with Crippen molar-refractivity contribution >= 4 is 34.1 Å². The Hall–Kier alpha value is -2.67. The van der Waals surface area contributed by atoms with Gasteiger partial charge in [0.1, 0.15) is 5.00 Å². The van der Waals surface area contributed by atoms with Crippen LogP contribution in [0, 0.1) is 5.92 Å². The molecular formula is C20H24N2O4S. The molecule has 2 amide bonds. The minimum Gasteiger partial charge on any atom is -0.452 e. The molecule has 2 aromatic rings. The Bertz CT molecular complexity index is 803. The highest BCUT2D eigenvalue weighted by atomic mass is 32.1. The Balaban J connectivity index is 2.09. The summed E-state index contributed by atoms with van der Waals surface area (Å²) in [5.41, 5.74) is 6.37. The van der Waals surface area contributed by atoms with Crippen LogP contribution >= 0.6 is 11.3 Å². The summed E-state index contributed by atoms with van der Waals surface area (Å²) in [6, 6.07) is 10.9. The van der Waals surface area contributed by atoms with Gasteiger partial charge in [-0.1, -0.05) is 50.6 Å². The molecule has 144 valence electrons. The van der Waals surface area contributed by atoms with Crippen molar-refractivity contribution in [2.75, 3.05) is 5.32 Å². The summed E-state index contributed by atoms with van der Waals surface area (Å²) in [6.45, 7) is 5.49. The molecule has 6 nitrogen and oxygen atoms in total. The molecule has 1 aromatic carbocycles. The Morgan fingerprint density at radius 3 is 2.41 bits per heavy atom. The van der Waals surface area contributed by atoms with E-state index in [1.807, 2.05) is 44.2 Å². The number of carbonyl (C=O) groups excluding carboxylic acids is 3. The summed E-state index contributed by atoms with van der Waals surface area (Å²) in [5.74, 6) is -1.97. The molecule has 0 aliphatic heterocycles. The predicted molar refractivity (Wildman–Crippen MR) is 106 cm³/mol. The maximum absolute atomic E-state index is 12.8. The van der Waals surface area contributed by atoms with E-state index < -0.39 is 29.8 Å². The lowest BCUT2D eigenvalue weighted by Gasteiger charge is -2.23. The molecule has 0 spiro atoms. The topological polar surface area (TPSA) is 98.5 Å². The van der Waals surface area contributed by atoms with Crippen LogP contribution in [0.2, 0.25) is 0 Å². The number of nitrogens with one attached hydrogen (secondary N) is 1. The van der Waals surface area contributed by atoms with Gasteiger partial charge in [0.05, 0.1) is 11.5 Å². The van der Waals surface area contributed by atoms with Gasteiger partial charge in [-0.05, 0) is 29.9 Å². The second-order valence-corrected chi connectivity index (χ2v) is 7.29. The lowest BCUT2D eigenvalue weighted by Crippen LogP contribution is -2.33. The van der Waals surface area contributed by atoms with Gasteiger partial charge in [0.25, 0.3) is 11.8 Å². The second kappa shape index (κ2) is 9.32. The van der Waals surface area contributed by atoms with Crippen LogP contribution in [-0.2, 0) is 14.3 Å². The molecule has 2 rings (SSSR count). The number of hydrogen-bond acceptors (Lipinski definition) is 5. The van der Waals surface area contributed by atoms with Crippen LogP contribution in [0.1, 0.15) is 49.0 Å². The Morgan fingerprint density at radius 2 is 1.81 bits per heavy atom. The predicted octanol–water partition coefficient (Wildman–Crippen LogP) is 3.55. The number of thiophene rings is 1. The van der Waals surface area contributed by atoms with Gasteiger partial charge in [-0.2, -0.15) is 0 Å². The zero-order valence-corrected chi connectivity index (χ0v) is 16.4.